The van der Waals surface area contributed by atoms with E-state index in [1.54, 1.807) is 12.4 Å². The highest BCUT2D eigenvalue weighted by Gasteiger charge is 2.05. The average Bonchev–Trinajstić information content (AvgIpc) is 2.38. The first-order chi connectivity index (χ1) is 8.70. The van der Waals surface area contributed by atoms with Crippen molar-refractivity contribution in [3.05, 3.63) is 29.0 Å². The normalized spacial score (nSPS) is 12.6. The van der Waals surface area contributed by atoms with Gasteiger partial charge in [0.05, 0.1) is 17.3 Å². The first-order valence-electron chi connectivity index (χ1n) is 6.03. The van der Waals surface area contributed by atoms with Crippen LogP contribution in [0.3, 0.4) is 0 Å². The molecule has 0 saturated heterocycles. The van der Waals surface area contributed by atoms with Gasteiger partial charge in [-0.05, 0) is 40.9 Å². The minimum atomic E-state index is -0.243. The minimum absolute atomic E-state index is 0.243. The number of aliphatic hydroxyl groups is 1. The van der Waals surface area contributed by atoms with Crippen molar-refractivity contribution < 1.29 is 5.11 Å². The molecule has 0 aliphatic rings. The van der Waals surface area contributed by atoms with E-state index in [0.29, 0.717) is 0 Å². The summed E-state index contributed by atoms with van der Waals surface area (Å²) in [7, 11) is 0. The summed E-state index contributed by atoms with van der Waals surface area (Å²) < 4.78 is 0.918. The third-order valence-corrected chi connectivity index (χ3v) is 3.24. The summed E-state index contributed by atoms with van der Waals surface area (Å²) in [6.07, 6.45) is 4.79. The van der Waals surface area contributed by atoms with Gasteiger partial charge in [0.15, 0.2) is 0 Å². The Morgan fingerprint density at radius 1 is 1.44 bits per heavy atom. The number of nitrogens with one attached hydrogen (secondary N) is 1. The van der Waals surface area contributed by atoms with Gasteiger partial charge < -0.3 is 10.4 Å². The monoisotopic (exact) mass is 309 g/mol. The Kier molecular flexibility index (Phi) is 4.49. The molecule has 4 nitrogen and oxygen atoms in total. The van der Waals surface area contributed by atoms with Crippen LogP contribution in [0.25, 0.3) is 11.0 Å². The Hall–Kier alpha value is -1.20. The number of hydrogen-bond donors (Lipinski definition) is 2. The van der Waals surface area contributed by atoms with Gasteiger partial charge in [0.1, 0.15) is 5.52 Å². The zero-order valence-electron chi connectivity index (χ0n) is 10.2. The second-order valence-electron chi connectivity index (χ2n) is 4.16. The molecule has 0 radical (unpaired) electrons. The van der Waals surface area contributed by atoms with E-state index >= 15 is 0 Å². The summed E-state index contributed by atoms with van der Waals surface area (Å²) in [6.45, 7) is 2.71. The molecule has 0 fully saturated rings. The van der Waals surface area contributed by atoms with Gasteiger partial charge in [-0.1, -0.05) is 6.92 Å². The highest BCUT2D eigenvalue weighted by Crippen LogP contribution is 2.21. The van der Waals surface area contributed by atoms with Gasteiger partial charge in [0.25, 0.3) is 0 Å². The Bertz CT molecular complexity index is 533. The van der Waals surface area contributed by atoms with Crippen molar-refractivity contribution in [1.29, 1.82) is 0 Å². The first-order valence-corrected chi connectivity index (χ1v) is 6.82. The molecule has 0 aliphatic heterocycles. The van der Waals surface area contributed by atoms with Crippen LogP contribution in [0.1, 0.15) is 19.8 Å². The Labute approximate surface area is 115 Å². The molecule has 1 unspecified atom stereocenters. The number of halogens is 1. The van der Waals surface area contributed by atoms with E-state index in [9.17, 15) is 5.11 Å². The molecule has 96 valence electrons. The summed E-state index contributed by atoms with van der Waals surface area (Å²) in [5.74, 6) is 0. The second kappa shape index (κ2) is 6.11. The molecule has 0 spiro atoms. The molecule has 2 rings (SSSR count). The fourth-order valence-electron chi connectivity index (χ4n) is 1.73. The van der Waals surface area contributed by atoms with Crippen molar-refractivity contribution >= 4 is 32.7 Å². The lowest BCUT2D eigenvalue weighted by molar-refractivity contribution is 0.164. The van der Waals surface area contributed by atoms with E-state index in [1.807, 2.05) is 19.1 Å². The van der Waals surface area contributed by atoms with E-state index in [-0.39, 0.29) is 6.10 Å². The molecule has 5 heteroatoms. The number of aliphatic hydroxyl groups excluding tert-OH is 1. The largest absolute Gasteiger partial charge is 0.393 e. The molecular formula is C13H16BrN3O. The topological polar surface area (TPSA) is 58.0 Å². The van der Waals surface area contributed by atoms with Crippen molar-refractivity contribution in [1.82, 2.24) is 9.97 Å². The van der Waals surface area contributed by atoms with E-state index in [4.69, 9.17) is 0 Å². The van der Waals surface area contributed by atoms with Crippen molar-refractivity contribution in [2.75, 3.05) is 11.9 Å². The molecule has 2 aromatic heterocycles. The van der Waals surface area contributed by atoms with Gasteiger partial charge in [-0.3, -0.25) is 9.97 Å². The molecule has 2 heterocycles. The van der Waals surface area contributed by atoms with Crippen molar-refractivity contribution in [3.63, 3.8) is 0 Å². The first kappa shape index (κ1) is 13.2. The maximum Gasteiger partial charge on any atom is 0.112 e. The summed E-state index contributed by atoms with van der Waals surface area (Å²) in [5, 5.41) is 12.8. The lowest BCUT2D eigenvalue weighted by Gasteiger charge is -2.11. The van der Waals surface area contributed by atoms with Crippen LogP contribution < -0.4 is 5.32 Å². The van der Waals surface area contributed by atoms with Gasteiger partial charge in [0.2, 0.25) is 0 Å². The number of nitrogens with zero attached hydrogens (tertiary/aromatic N) is 2. The predicted octanol–water partition coefficient (Wildman–Crippen LogP) is 2.97. The lowest BCUT2D eigenvalue weighted by atomic mass is 10.2. The smallest absolute Gasteiger partial charge is 0.112 e. The molecule has 0 saturated carbocycles. The highest BCUT2D eigenvalue weighted by atomic mass is 79.9. The van der Waals surface area contributed by atoms with E-state index < -0.39 is 0 Å². The van der Waals surface area contributed by atoms with Crippen LogP contribution in [0.5, 0.6) is 0 Å². The van der Waals surface area contributed by atoms with Gasteiger partial charge in [-0.15, -0.1) is 0 Å². The minimum Gasteiger partial charge on any atom is -0.393 e. The second-order valence-corrected chi connectivity index (χ2v) is 5.07. The number of pyridine rings is 2. The van der Waals surface area contributed by atoms with E-state index in [1.165, 1.54) is 0 Å². The number of aromatic nitrogens is 2. The lowest BCUT2D eigenvalue weighted by Crippen LogP contribution is -2.12. The maximum absolute atomic E-state index is 9.51. The van der Waals surface area contributed by atoms with Gasteiger partial charge in [0, 0.05) is 23.4 Å². The summed E-state index contributed by atoms with van der Waals surface area (Å²) in [4.78, 5) is 8.64. The Morgan fingerprint density at radius 3 is 3.06 bits per heavy atom. The molecule has 2 N–H and O–H groups in total. The standard InChI is InChI=1S/C13H16BrN3O/c1-2-10(18)3-5-15-11-4-6-16-12-7-9(14)8-17-13(11)12/h4,6-8,10,18H,2-3,5H2,1H3,(H,15,16). The summed E-state index contributed by atoms with van der Waals surface area (Å²) in [5.41, 5.74) is 2.66. The molecule has 0 aromatic carbocycles. The number of fused-ring (bicyclic) bond motifs is 1. The molecule has 0 bridgehead atoms. The highest BCUT2D eigenvalue weighted by molar-refractivity contribution is 9.10. The van der Waals surface area contributed by atoms with Crippen LogP contribution in [-0.4, -0.2) is 27.7 Å². The predicted molar refractivity (Wildman–Crippen MR) is 76.6 cm³/mol. The molecule has 0 amide bonds. The summed E-state index contributed by atoms with van der Waals surface area (Å²) >= 11 is 3.38. The molecule has 1 atom stereocenters. The maximum atomic E-state index is 9.51. The van der Waals surface area contributed by atoms with Gasteiger partial charge >= 0.3 is 0 Å². The third kappa shape index (κ3) is 3.17. The SMILES string of the molecule is CCC(O)CCNc1ccnc2cc(Br)cnc12. The Balaban J connectivity index is 2.13. The average molecular weight is 310 g/mol. The van der Waals surface area contributed by atoms with Crippen LogP contribution >= 0.6 is 15.9 Å². The van der Waals surface area contributed by atoms with Crippen molar-refractivity contribution in [2.45, 2.75) is 25.9 Å². The Morgan fingerprint density at radius 2 is 2.28 bits per heavy atom. The third-order valence-electron chi connectivity index (χ3n) is 2.81. The molecular weight excluding hydrogens is 294 g/mol. The zero-order valence-corrected chi connectivity index (χ0v) is 11.8. The van der Waals surface area contributed by atoms with Crippen molar-refractivity contribution in [3.8, 4) is 0 Å². The number of anilines is 1. The van der Waals surface area contributed by atoms with Crippen LogP contribution in [0.2, 0.25) is 0 Å². The molecule has 18 heavy (non-hydrogen) atoms. The van der Waals surface area contributed by atoms with Crippen LogP contribution in [0.15, 0.2) is 29.0 Å². The summed E-state index contributed by atoms with van der Waals surface area (Å²) in [6, 6.07) is 3.84. The number of rotatable bonds is 5. The van der Waals surface area contributed by atoms with Gasteiger partial charge in [-0.25, -0.2) is 0 Å². The fourth-order valence-corrected chi connectivity index (χ4v) is 2.04. The van der Waals surface area contributed by atoms with Crippen LogP contribution in [0, 0.1) is 0 Å². The zero-order chi connectivity index (χ0) is 13.0. The quantitative estimate of drug-likeness (QED) is 0.891. The van der Waals surface area contributed by atoms with Crippen LogP contribution in [-0.2, 0) is 0 Å². The fraction of sp³-hybridized carbons (Fsp3) is 0.385. The van der Waals surface area contributed by atoms with E-state index in [2.05, 4.69) is 31.2 Å². The van der Waals surface area contributed by atoms with Gasteiger partial charge in [-0.2, -0.15) is 0 Å². The van der Waals surface area contributed by atoms with Crippen molar-refractivity contribution in [2.24, 2.45) is 0 Å². The molecule has 2 aromatic rings. The van der Waals surface area contributed by atoms with E-state index in [0.717, 1.165) is 40.6 Å². The molecule has 0 aliphatic carbocycles. The number of hydrogen-bond acceptors (Lipinski definition) is 4. The van der Waals surface area contributed by atoms with Crippen LogP contribution in [0.4, 0.5) is 5.69 Å².